The quantitative estimate of drug-likeness (QED) is 0.487. The van der Waals surface area contributed by atoms with E-state index in [1.54, 1.807) is 6.92 Å². The minimum absolute atomic E-state index is 0.0853. The van der Waals surface area contributed by atoms with E-state index in [4.69, 9.17) is 27.1 Å². The fourth-order valence-corrected chi connectivity index (χ4v) is 7.95. The number of Topliss-reactive ketones (excluding diaryl/α,β-unsaturated/α-hetero) is 1. The molecule has 41 heavy (non-hydrogen) atoms. The molecular weight excluding hydrogens is 522 g/mol. The Morgan fingerprint density at radius 2 is 2.02 bits per heavy atom. The molecule has 3 aliphatic heterocycles. The lowest BCUT2D eigenvalue weighted by molar-refractivity contribution is -0.128. The second-order valence-corrected chi connectivity index (χ2v) is 13.1. The molecule has 11 nitrogen and oxygen atoms in total. The van der Waals surface area contributed by atoms with Crippen LogP contribution in [0.25, 0.3) is 22.6 Å². The van der Waals surface area contributed by atoms with Crippen LogP contribution < -0.4 is 15.0 Å². The minimum atomic E-state index is -2.07. The molecule has 3 fully saturated rings. The zero-order valence-corrected chi connectivity index (χ0v) is 23.8. The number of ketones is 1. The van der Waals surface area contributed by atoms with Crippen LogP contribution in [0.5, 0.6) is 5.88 Å². The van der Waals surface area contributed by atoms with Gasteiger partial charge in [0, 0.05) is 24.6 Å². The number of aliphatic hydroxyl groups is 1. The summed E-state index contributed by atoms with van der Waals surface area (Å²) < 4.78 is 31.8. The number of rotatable bonds is 3. The molecule has 0 amide bonds. The number of nitrogens with one attached hydrogen (secondary N) is 1. The first kappa shape index (κ1) is 23.5. The highest BCUT2D eigenvalue weighted by atomic mass is 16.5. The number of aromatic nitrogens is 5. The van der Waals surface area contributed by atoms with E-state index < -0.39 is 23.6 Å². The number of carbonyl (C=O) groups is 1. The molecule has 218 valence electrons. The number of nitrogens with zero attached hydrogens (tertiary/aromatic N) is 6. The van der Waals surface area contributed by atoms with Crippen molar-refractivity contribution >= 4 is 22.6 Å². The van der Waals surface area contributed by atoms with Crippen molar-refractivity contribution in [2.75, 3.05) is 24.5 Å². The zero-order valence-electron chi connectivity index (χ0n) is 25.8. The first-order valence-corrected chi connectivity index (χ1v) is 15.3. The van der Waals surface area contributed by atoms with Crippen molar-refractivity contribution in [3.05, 3.63) is 11.3 Å². The molecule has 3 aromatic heterocycles. The van der Waals surface area contributed by atoms with Crippen LogP contribution in [0, 0.1) is 0 Å². The van der Waals surface area contributed by atoms with Crippen molar-refractivity contribution in [1.29, 1.82) is 0 Å². The smallest absolute Gasteiger partial charge is 0.246 e. The van der Waals surface area contributed by atoms with Gasteiger partial charge in [-0.15, -0.1) is 5.10 Å². The summed E-state index contributed by atoms with van der Waals surface area (Å²) in [6.07, 6.45) is 8.49. The van der Waals surface area contributed by atoms with E-state index in [2.05, 4.69) is 17.4 Å². The van der Waals surface area contributed by atoms with Gasteiger partial charge in [-0.1, -0.05) is 11.6 Å². The monoisotopic (exact) mass is 563 g/mol. The van der Waals surface area contributed by atoms with E-state index in [1.807, 2.05) is 9.58 Å². The van der Waals surface area contributed by atoms with Crippen LogP contribution >= 0.6 is 0 Å². The number of fused-ring (bicyclic) bond motifs is 4. The molecule has 8 rings (SSSR count). The number of hydrogen-bond acceptors (Lipinski definition) is 10. The SMILES string of the molecule is [2H]C1([2H])Oc2nn([C@@H](C)[C@@H]3CCCN3)c3nc(-c4noc5c4CCC[C@@]54CCCCC4=O)nc(c23)N2CC(C)(O)CC[C@@H]21. The van der Waals surface area contributed by atoms with Crippen molar-refractivity contribution in [3.63, 3.8) is 0 Å². The van der Waals surface area contributed by atoms with Crippen molar-refractivity contribution in [3.8, 4) is 17.4 Å². The van der Waals surface area contributed by atoms with Crippen LogP contribution in [-0.4, -0.2) is 73.1 Å². The van der Waals surface area contributed by atoms with Gasteiger partial charge in [0.1, 0.15) is 23.5 Å². The Balaban J connectivity index is 1.34. The number of ether oxygens (including phenoxy) is 1. The molecule has 11 heteroatoms. The Morgan fingerprint density at radius 1 is 1.15 bits per heavy atom. The van der Waals surface area contributed by atoms with Crippen LogP contribution in [0.4, 0.5) is 5.82 Å². The highest BCUT2D eigenvalue weighted by Crippen LogP contribution is 2.48. The van der Waals surface area contributed by atoms with E-state index >= 15 is 0 Å². The fourth-order valence-electron chi connectivity index (χ4n) is 7.95. The summed E-state index contributed by atoms with van der Waals surface area (Å²) in [6, 6.07) is -0.583. The van der Waals surface area contributed by atoms with Gasteiger partial charge < -0.3 is 24.6 Å². The van der Waals surface area contributed by atoms with E-state index in [0.717, 1.165) is 63.5 Å². The summed E-state index contributed by atoms with van der Waals surface area (Å²) in [5, 5.41) is 24.6. The van der Waals surface area contributed by atoms with Crippen molar-refractivity contribution in [2.45, 2.75) is 114 Å². The molecule has 0 radical (unpaired) electrons. The maximum absolute atomic E-state index is 13.3. The molecule has 0 bridgehead atoms. The fraction of sp³-hybridized carbons (Fsp3) is 0.700. The molecule has 1 spiro atoms. The zero-order chi connectivity index (χ0) is 29.7. The first-order valence-electron chi connectivity index (χ1n) is 16.3. The van der Waals surface area contributed by atoms with Gasteiger partial charge in [-0.3, -0.25) is 4.79 Å². The standard InChI is InChI=1S/C30H39N7O4/c1-17(20-8-6-14-31-20)37-27-22-26(36-16-29(2,39)13-10-18(36)15-40-28(22)34-37)32-25(33-27)23-19-7-5-12-30(24(19)41-35-23)11-4-3-9-21(30)38/h17-18,20,31,39H,3-16H2,1-2H3/t17-,18+,20-,29?,30+/m0/s1/i15D2. The van der Waals surface area contributed by atoms with E-state index in [-0.39, 0.29) is 30.3 Å². The van der Waals surface area contributed by atoms with E-state index in [9.17, 15) is 9.90 Å². The van der Waals surface area contributed by atoms with Gasteiger partial charge in [-0.05, 0) is 78.2 Å². The Kier molecular flexibility index (Phi) is 5.29. The third-order valence-corrected chi connectivity index (χ3v) is 10.2. The maximum atomic E-state index is 13.3. The van der Waals surface area contributed by atoms with Crippen LogP contribution in [0.2, 0.25) is 0 Å². The van der Waals surface area contributed by atoms with Crippen molar-refractivity contribution in [2.24, 2.45) is 0 Å². The average Bonchev–Trinajstić information content (AvgIpc) is 3.72. The number of piperidine rings is 1. The number of hydrogen-bond donors (Lipinski definition) is 2. The summed E-state index contributed by atoms with van der Waals surface area (Å²) in [4.78, 5) is 25.3. The van der Waals surface area contributed by atoms with Gasteiger partial charge in [0.2, 0.25) is 5.88 Å². The predicted octanol–water partition coefficient (Wildman–Crippen LogP) is 3.62. The Morgan fingerprint density at radius 3 is 2.85 bits per heavy atom. The lowest BCUT2D eigenvalue weighted by Crippen LogP contribution is -2.53. The lowest BCUT2D eigenvalue weighted by Gasteiger charge is -2.42. The van der Waals surface area contributed by atoms with Crippen LogP contribution in [0.1, 0.15) is 98.2 Å². The predicted molar refractivity (Wildman–Crippen MR) is 151 cm³/mol. The summed E-state index contributed by atoms with van der Waals surface area (Å²) in [5.74, 6) is 1.91. The van der Waals surface area contributed by atoms with E-state index in [0.29, 0.717) is 53.4 Å². The lowest BCUT2D eigenvalue weighted by atomic mass is 9.64. The molecule has 1 unspecified atom stereocenters. The molecule has 6 heterocycles. The van der Waals surface area contributed by atoms with Crippen molar-refractivity contribution in [1.82, 2.24) is 30.2 Å². The van der Waals surface area contributed by atoms with E-state index in [1.165, 1.54) is 0 Å². The molecule has 2 aliphatic carbocycles. The third kappa shape index (κ3) is 3.87. The molecule has 1 saturated carbocycles. The first-order chi connectivity index (χ1) is 20.6. The van der Waals surface area contributed by atoms with Crippen LogP contribution in [0.15, 0.2) is 4.52 Å². The van der Waals surface area contributed by atoms with Crippen molar-refractivity contribution < 1.29 is 21.9 Å². The summed E-state index contributed by atoms with van der Waals surface area (Å²) in [7, 11) is 0. The third-order valence-electron chi connectivity index (χ3n) is 10.2. The highest BCUT2D eigenvalue weighted by Gasteiger charge is 2.49. The molecule has 3 aromatic rings. The second-order valence-electron chi connectivity index (χ2n) is 13.1. The van der Waals surface area contributed by atoms with Gasteiger partial charge in [0.25, 0.3) is 0 Å². The molecule has 2 N–H and O–H groups in total. The summed E-state index contributed by atoms with van der Waals surface area (Å²) >= 11 is 0. The van der Waals surface area contributed by atoms with Gasteiger partial charge in [-0.2, -0.15) is 0 Å². The second kappa shape index (κ2) is 9.22. The maximum Gasteiger partial charge on any atom is 0.246 e. The summed E-state index contributed by atoms with van der Waals surface area (Å²) in [5.41, 5.74) is 0.304. The minimum Gasteiger partial charge on any atom is -0.474 e. The van der Waals surface area contributed by atoms with Crippen LogP contribution in [-0.2, 0) is 16.6 Å². The van der Waals surface area contributed by atoms with Gasteiger partial charge >= 0.3 is 0 Å². The van der Waals surface area contributed by atoms with Crippen LogP contribution in [0.3, 0.4) is 0 Å². The Labute approximate surface area is 241 Å². The Hall–Kier alpha value is -3.05. The molecule has 5 aliphatic rings. The largest absolute Gasteiger partial charge is 0.474 e. The average molecular weight is 564 g/mol. The molecule has 2 saturated heterocycles. The Bertz CT molecular complexity index is 1610. The highest BCUT2D eigenvalue weighted by molar-refractivity contribution is 5.95. The van der Waals surface area contributed by atoms with Gasteiger partial charge in [0.05, 0.1) is 25.8 Å². The van der Waals surface area contributed by atoms with Gasteiger partial charge in [-0.25, -0.2) is 14.6 Å². The normalized spacial score (nSPS) is 34.0. The summed E-state index contributed by atoms with van der Waals surface area (Å²) in [6.45, 7) is 2.91. The molecular formula is C30H39N7O4. The number of carbonyl (C=O) groups excluding carboxylic acids is 1. The van der Waals surface area contributed by atoms with Gasteiger partial charge in [0.15, 0.2) is 22.9 Å². The molecule has 0 aromatic carbocycles. The topological polar surface area (TPSA) is 131 Å². The molecule has 5 atom stereocenters. The number of anilines is 1.